The topological polar surface area (TPSA) is 55.0 Å². The Balaban J connectivity index is 2.06. The van der Waals surface area contributed by atoms with E-state index in [2.05, 4.69) is 41.9 Å². The number of nitrogens with one attached hydrogen (secondary N) is 1. The SMILES string of the molecule is C=CC(=O)Oc1ccccc1/C(=C(\CC)c1ccccc1)c1cccc2[nH]ncc12. The second-order valence-electron chi connectivity index (χ2n) is 6.83. The summed E-state index contributed by atoms with van der Waals surface area (Å²) in [5.74, 6) is 0.0147. The van der Waals surface area contributed by atoms with Crippen molar-refractivity contribution in [1.29, 1.82) is 0 Å². The summed E-state index contributed by atoms with van der Waals surface area (Å²) >= 11 is 0. The lowest BCUT2D eigenvalue weighted by molar-refractivity contribution is -0.128. The van der Waals surface area contributed by atoms with E-state index in [9.17, 15) is 4.79 Å². The lowest BCUT2D eigenvalue weighted by Gasteiger charge is -2.19. The summed E-state index contributed by atoms with van der Waals surface area (Å²) in [7, 11) is 0. The number of carbonyl (C=O) groups excluding carboxylic acids is 1. The van der Waals surface area contributed by atoms with E-state index in [0.29, 0.717) is 5.75 Å². The Morgan fingerprint density at radius 1 is 1.00 bits per heavy atom. The van der Waals surface area contributed by atoms with Crippen LogP contribution in [0.3, 0.4) is 0 Å². The first-order chi connectivity index (χ1) is 14.7. The van der Waals surface area contributed by atoms with Crippen LogP contribution >= 0.6 is 0 Å². The third-order valence-corrected chi connectivity index (χ3v) is 5.07. The minimum Gasteiger partial charge on any atom is -0.423 e. The third-order valence-electron chi connectivity index (χ3n) is 5.07. The Morgan fingerprint density at radius 2 is 1.73 bits per heavy atom. The number of esters is 1. The van der Waals surface area contributed by atoms with Gasteiger partial charge in [-0.1, -0.05) is 74.2 Å². The Morgan fingerprint density at radius 3 is 2.50 bits per heavy atom. The molecule has 0 amide bonds. The Kier molecular flexibility index (Phi) is 5.57. The molecule has 0 aliphatic rings. The van der Waals surface area contributed by atoms with Crippen LogP contribution in [-0.2, 0) is 4.79 Å². The summed E-state index contributed by atoms with van der Waals surface area (Å²) in [4.78, 5) is 12.0. The standard InChI is InChI=1S/C26H22N2O2/c1-3-19(18-11-6-5-7-12-18)26(20-14-10-15-23-22(20)17-27-28-23)21-13-8-9-16-24(21)30-25(29)4-2/h4-17H,2-3H2,1H3,(H,27,28)/b26-19+. The zero-order valence-corrected chi connectivity index (χ0v) is 16.8. The van der Waals surface area contributed by atoms with Crippen molar-refractivity contribution in [3.63, 3.8) is 0 Å². The molecule has 4 aromatic rings. The summed E-state index contributed by atoms with van der Waals surface area (Å²) in [5, 5.41) is 8.29. The number of fused-ring (bicyclic) bond motifs is 1. The first-order valence-corrected chi connectivity index (χ1v) is 9.87. The molecule has 4 rings (SSSR count). The predicted molar refractivity (Wildman–Crippen MR) is 121 cm³/mol. The molecule has 1 N–H and O–H groups in total. The number of benzene rings is 3. The molecule has 0 radical (unpaired) electrons. The zero-order valence-electron chi connectivity index (χ0n) is 16.8. The third kappa shape index (κ3) is 3.67. The number of allylic oxidation sites excluding steroid dienone is 1. The maximum Gasteiger partial charge on any atom is 0.335 e. The molecule has 1 aromatic heterocycles. The number of hydrogen-bond donors (Lipinski definition) is 1. The fourth-order valence-electron chi connectivity index (χ4n) is 3.73. The van der Waals surface area contributed by atoms with E-state index in [-0.39, 0.29) is 0 Å². The number of ether oxygens (including phenoxy) is 1. The average Bonchev–Trinajstić information content (AvgIpc) is 3.28. The van der Waals surface area contributed by atoms with Crippen LogP contribution in [0.1, 0.15) is 30.0 Å². The normalized spacial score (nSPS) is 11.8. The van der Waals surface area contributed by atoms with Crippen LogP contribution in [0.15, 0.2) is 91.6 Å². The van der Waals surface area contributed by atoms with E-state index >= 15 is 0 Å². The van der Waals surface area contributed by atoms with Gasteiger partial charge >= 0.3 is 5.97 Å². The summed E-state index contributed by atoms with van der Waals surface area (Å²) in [6.07, 6.45) is 3.81. The van der Waals surface area contributed by atoms with Gasteiger partial charge in [-0.3, -0.25) is 5.10 Å². The second kappa shape index (κ2) is 8.62. The number of aromatic amines is 1. The second-order valence-corrected chi connectivity index (χ2v) is 6.83. The molecule has 0 saturated heterocycles. The molecule has 0 bridgehead atoms. The quantitative estimate of drug-likeness (QED) is 0.188. The van der Waals surface area contributed by atoms with Crippen molar-refractivity contribution >= 4 is 28.0 Å². The van der Waals surface area contributed by atoms with Crippen molar-refractivity contribution in [2.24, 2.45) is 0 Å². The fourth-order valence-corrected chi connectivity index (χ4v) is 3.73. The number of aromatic nitrogens is 2. The molecule has 4 heteroatoms. The Labute approximate surface area is 175 Å². The Bertz CT molecular complexity index is 1240. The van der Waals surface area contributed by atoms with E-state index < -0.39 is 5.97 Å². The van der Waals surface area contributed by atoms with Crippen LogP contribution in [0.4, 0.5) is 0 Å². The fraction of sp³-hybridized carbons (Fsp3) is 0.0769. The molecular formula is C26H22N2O2. The number of nitrogens with zero attached hydrogens (tertiary/aromatic N) is 1. The molecule has 0 spiro atoms. The smallest absolute Gasteiger partial charge is 0.335 e. The van der Waals surface area contributed by atoms with Crippen molar-refractivity contribution < 1.29 is 9.53 Å². The molecule has 30 heavy (non-hydrogen) atoms. The van der Waals surface area contributed by atoms with Crippen LogP contribution < -0.4 is 4.74 Å². The molecule has 0 saturated carbocycles. The predicted octanol–water partition coefficient (Wildman–Crippen LogP) is 6.02. The number of rotatable bonds is 6. The maximum absolute atomic E-state index is 12.0. The maximum atomic E-state index is 12.0. The van der Waals surface area contributed by atoms with Gasteiger partial charge in [-0.15, -0.1) is 0 Å². The monoisotopic (exact) mass is 394 g/mol. The lowest BCUT2D eigenvalue weighted by atomic mass is 9.86. The van der Waals surface area contributed by atoms with Gasteiger partial charge in [-0.25, -0.2) is 4.79 Å². The van der Waals surface area contributed by atoms with Crippen LogP contribution in [0.2, 0.25) is 0 Å². The van der Waals surface area contributed by atoms with Gasteiger partial charge in [0.2, 0.25) is 0 Å². The minimum absolute atomic E-state index is 0.485. The van der Waals surface area contributed by atoms with Crippen LogP contribution in [0.25, 0.3) is 22.0 Å². The molecule has 1 heterocycles. The van der Waals surface area contributed by atoms with E-state index in [4.69, 9.17) is 4.74 Å². The average molecular weight is 394 g/mol. The van der Waals surface area contributed by atoms with Crippen LogP contribution in [0, 0.1) is 0 Å². The van der Waals surface area contributed by atoms with Crippen molar-refractivity contribution in [2.45, 2.75) is 13.3 Å². The summed E-state index contributed by atoms with van der Waals surface area (Å²) < 4.78 is 5.61. The summed E-state index contributed by atoms with van der Waals surface area (Å²) in [6.45, 7) is 5.66. The number of hydrogen-bond acceptors (Lipinski definition) is 3. The summed E-state index contributed by atoms with van der Waals surface area (Å²) in [5.41, 5.74) is 6.13. The molecular weight excluding hydrogens is 372 g/mol. The lowest BCUT2D eigenvalue weighted by Crippen LogP contribution is -2.06. The van der Waals surface area contributed by atoms with Crippen LogP contribution in [-0.4, -0.2) is 16.2 Å². The highest BCUT2D eigenvalue weighted by atomic mass is 16.5. The number of H-pyrrole nitrogens is 1. The van der Waals surface area contributed by atoms with Crippen LogP contribution in [0.5, 0.6) is 5.75 Å². The van der Waals surface area contributed by atoms with E-state index in [1.54, 1.807) is 0 Å². The minimum atomic E-state index is -0.485. The summed E-state index contributed by atoms with van der Waals surface area (Å²) in [6, 6.07) is 24.0. The van der Waals surface area contributed by atoms with E-state index in [1.165, 1.54) is 6.08 Å². The van der Waals surface area contributed by atoms with Gasteiger partial charge in [0.25, 0.3) is 0 Å². The highest BCUT2D eigenvalue weighted by Gasteiger charge is 2.20. The molecule has 0 aliphatic carbocycles. The largest absolute Gasteiger partial charge is 0.423 e. The van der Waals surface area contributed by atoms with Gasteiger partial charge in [0.1, 0.15) is 5.75 Å². The molecule has 148 valence electrons. The first kappa shape index (κ1) is 19.4. The highest BCUT2D eigenvalue weighted by Crippen LogP contribution is 2.40. The molecule has 0 unspecified atom stereocenters. The number of para-hydroxylation sites is 1. The first-order valence-electron chi connectivity index (χ1n) is 9.87. The van der Waals surface area contributed by atoms with Gasteiger partial charge in [-0.05, 0) is 40.8 Å². The number of carbonyl (C=O) groups is 1. The molecule has 0 atom stereocenters. The van der Waals surface area contributed by atoms with Gasteiger partial charge in [0.15, 0.2) is 0 Å². The molecule has 0 fully saturated rings. The van der Waals surface area contributed by atoms with Gasteiger partial charge < -0.3 is 4.74 Å². The molecule has 4 nitrogen and oxygen atoms in total. The van der Waals surface area contributed by atoms with Gasteiger partial charge in [0.05, 0.1) is 11.7 Å². The highest BCUT2D eigenvalue weighted by molar-refractivity contribution is 6.06. The van der Waals surface area contributed by atoms with Crippen molar-refractivity contribution in [3.8, 4) is 5.75 Å². The van der Waals surface area contributed by atoms with E-state index in [0.717, 1.165) is 45.2 Å². The van der Waals surface area contributed by atoms with Crippen molar-refractivity contribution in [1.82, 2.24) is 10.2 Å². The van der Waals surface area contributed by atoms with Gasteiger partial charge in [0, 0.05) is 17.0 Å². The van der Waals surface area contributed by atoms with Crippen molar-refractivity contribution in [2.75, 3.05) is 0 Å². The van der Waals surface area contributed by atoms with Gasteiger partial charge in [-0.2, -0.15) is 5.10 Å². The van der Waals surface area contributed by atoms with Crippen molar-refractivity contribution in [3.05, 3.63) is 108 Å². The molecule has 3 aromatic carbocycles. The Hall–Kier alpha value is -3.92. The molecule has 0 aliphatic heterocycles. The zero-order chi connectivity index (χ0) is 20.9. The van der Waals surface area contributed by atoms with E-state index in [1.807, 2.05) is 60.8 Å².